The largest absolute Gasteiger partial charge is 0.418 e. The van der Waals surface area contributed by atoms with Gasteiger partial charge >= 0.3 is 6.18 Å². The second-order valence-electron chi connectivity index (χ2n) is 4.55. The summed E-state index contributed by atoms with van der Waals surface area (Å²) in [4.78, 5) is 3.96. The molecule has 1 aromatic heterocycles. The first-order valence-electron chi connectivity index (χ1n) is 6.56. The Labute approximate surface area is 136 Å². The van der Waals surface area contributed by atoms with Crippen LogP contribution in [0.25, 0.3) is 0 Å². The monoisotopic (exact) mass is 338 g/mol. The van der Waals surface area contributed by atoms with Crippen LogP contribution in [-0.4, -0.2) is 15.8 Å². The zero-order chi connectivity index (χ0) is 16.9. The van der Waals surface area contributed by atoms with Gasteiger partial charge in [0.15, 0.2) is 5.11 Å². The molecule has 0 spiro atoms. The Morgan fingerprint density at radius 2 is 1.91 bits per heavy atom. The number of nitrogens with one attached hydrogen (secondary N) is 2. The summed E-state index contributed by atoms with van der Waals surface area (Å²) in [6, 6.07) is 8.65. The normalized spacial score (nSPS) is 11.9. The lowest BCUT2D eigenvalue weighted by molar-refractivity contribution is -0.136. The smallest absolute Gasteiger partial charge is 0.331 e. The van der Waals surface area contributed by atoms with E-state index in [2.05, 4.69) is 20.8 Å². The summed E-state index contributed by atoms with van der Waals surface area (Å²) in [5.41, 5.74) is 2.97. The number of anilines is 1. The summed E-state index contributed by atoms with van der Waals surface area (Å²) in [5, 5.41) is 6.49. The third-order valence-electron chi connectivity index (χ3n) is 2.89. The number of aromatic nitrogens is 1. The van der Waals surface area contributed by atoms with Gasteiger partial charge in [0.05, 0.1) is 17.0 Å². The molecule has 2 N–H and O–H groups in total. The number of pyridine rings is 1. The van der Waals surface area contributed by atoms with Crippen LogP contribution in [0.5, 0.6) is 0 Å². The van der Waals surface area contributed by atoms with Crippen LogP contribution in [-0.2, 0) is 6.18 Å². The van der Waals surface area contributed by atoms with E-state index in [1.807, 2.05) is 6.07 Å². The standard InChI is InChI=1S/C15H13F3N4S/c1-10(11-5-4-8-19-9-11)21-22-14(23)20-13-7-3-2-6-12(13)15(16,17)18/h2-9H,1H3,(H2,20,22,23). The molecule has 0 aliphatic heterocycles. The maximum atomic E-state index is 12.9. The molecule has 0 amide bonds. The van der Waals surface area contributed by atoms with Crippen LogP contribution >= 0.6 is 12.2 Å². The van der Waals surface area contributed by atoms with E-state index in [4.69, 9.17) is 12.2 Å². The zero-order valence-corrected chi connectivity index (χ0v) is 12.9. The highest BCUT2D eigenvalue weighted by atomic mass is 32.1. The fourth-order valence-corrected chi connectivity index (χ4v) is 1.92. The van der Waals surface area contributed by atoms with Crippen LogP contribution < -0.4 is 10.7 Å². The van der Waals surface area contributed by atoms with Crippen LogP contribution in [0.4, 0.5) is 18.9 Å². The Morgan fingerprint density at radius 3 is 2.57 bits per heavy atom. The fourth-order valence-electron chi connectivity index (χ4n) is 1.77. The van der Waals surface area contributed by atoms with Crippen molar-refractivity contribution in [2.45, 2.75) is 13.1 Å². The molecule has 1 aromatic carbocycles. The minimum Gasteiger partial charge on any atom is -0.331 e. The number of rotatable bonds is 3. The Balaban J connectivity index is 2.07. The molecule has 0 saturated carbocycles. The van der Waals surface area contributed by atoms with Gasteiger partial charge in [-0.2, -0.15) is 18.3 Å². The summed E-state index contributed by atoms with van der Waals surface area (Å²) in [7, 11) is 0. The minimum atomic E-state index is -4.46. The molecule has 0 unspecified atom stereocenters. The number of para-hydroxylation sites is 1. The number of hydrogen-bond acceptors (Lipinski definition) is 3. The molecule has 0 saturated heterocycles. The van der Waals surface area contributed by atoms with Crippen molar-refractivity contribution in [2.75, 3.05) is 5.32 Å². The van der Waals surface area contributed by atoms with Crippen molar-refractivity contribution in [3.8, 4) is 0 Å². The molecule has 0 atom stereocenters. The van der Waals surface area contributed by atoms with Crippen LogP contribution in [0.3, 0.4) is 0 Å². The number of hydrazone groups is 1. The quantitative estimate of drug-likeness (QED) is 0.508. The van der Waals surface area contributed by atoms with Crippen LogP contribution in [0.1, 0.15) is 18.1 Å². The number of benzene rings is 1. The molecule has 120 valence electrons. The first-order valence-corrected chi connectivity index (χ1v) is 6.96. The SMILES string of the molecule is CC(=NNC(=S)Nc1ccccc1C(F)(F)F)c1cccnc1. The van der Waals surface area contributed by atoms with E-state index in [-0.39, 0.29) is 10.8 Å². The van der Waals surface area contributed by atoms with Gasteiger partial charge in [0.2, 0.25) is 0 Å². The maximum Gasteiger partial charge on any atom is 0.418 e. The van der Waals surface area contributed by atoms with E-state index < -0.39 is 11.7 Å². The highest BCUT2D eigenvalue weighted by Gasteiger charge is 2.33. The van der Waals surface area contributed by atoms with Crippen LogP contribution in [0.2, 0.25) is 0 Å². The van der Waals surface area contributed by atoms with E-state index in [1.54, 1.807) is 25.4 Å². The first kappa shape index (κ1) is 16.9. The number of halogens is 3. The lowest BCUT2D eigenvalue weighted by Crippen LogP contribution is -2.26. The van der Waals surface area contributed by atoms with Crippen molar-refractivity contribution in [1.82, 2.24) is 10.4 Å². The van der Waals surface area contributed by atoms with Crippen molar-refractivity contribution < 1.29 is 13.2 Å². The molecule has 2 aromatic rings. The Kier molecular flexibility index (Phi) is 5.28. The zero-order valence-electron chi connectivity index (χ0n) is 12.1. The molecule has 8 heteroatoms. The summed E-state index contributed by atoms with van der Waals surface area (Å²) >= 11 is 4.97. The van der Waals surface area contributed by atoms with Crippen molar-refractivity contribution in [2.24, 2.45) is 5.10 Å². The summed E-state index contributed by atoms with van der Waals surface area (Å²) < 4.78 is 38.7. The van der Waals surface area contributed by atoms with Gasteiger partial charge in [0, 0.05) is 18.0 Å². The van der Waals surface area contributed by atoms with E-state index in [0.717, 1.165) is 11.6 Å². The molecular weight excluding hydrogens is 325 g/mol. The molecule has 0 aliphatic carbocycles. The molecule has 0 fully saturated rings. The number of alkyl halides is 3. The third kappa shape index (κ3) is 4.75. The van der Waals surface area contributed by atoms with Crippen LogP contribution in [0, 0.1) is 0 Å². The topological polar surface area (TPSA) is 49.3 Å². The molecule has 0 radical (unpaired) electrons. The predicted molar refractivity (Wildman–Crippen MR) is 87.2 cm³/mol. The maximum absolute atomic E-state index is 12.9. The summed E-state index contributed by atoms with van der Waals surface area (Å²) in [6.45, 7) is 1.73. The third-order valence-corrected chi connectivity index (χ3v) is 3.08. The lowest BCUT2D eigenvalue weighted by Gasteiger charge is -2.14. The van der Waals surface area contributed by atoms with Gasteiger partial charge in [-0.05, 0) is 37.3 Å². The molecular formula is C15H13F3N4S. The van der Waals surface area contributed by atoms with Gasteiger partial charge in [-0.3, -0.25) is 10.4 Å². The van der Waals surface area contributed by atoms with Gasteiger partial charge in [0.25, 0.3) is 0 Å². The van der Waals surface area contributed by atoms with Gasteiger partial charge in [-0.25, -0.2) is 0 Å². The Hall–Kier alpha value is -2.48. The van der Waals surface area contributed by atoms with Crippen molar-refractivity contribution in [3.63, 3.8) is 0 Å². The lowest BCUT2D eigenvalue weighted by atomic mass is 10.2. The predicted octanol–water partition coefficient (Wildman–Crippen LogP) is 3.81. The average Bonchev–Trinajstić information content (AvgIpc) is 2.53. The second-order valence-corrected chi connectivity index (χ2v) is 4.96. The first-order chi connectivity index (χ1) is 10.9. The molecule has 1 heterocycles. The number of hydrogen-bond donors (Lipinski definition) is 2. The minimum absolute atomic E-state index is 0.0371. The number of nitrogens with zero attached hydrogens (tertiary/aromatic N) is 2. The summed E-state index contributed by atoms with van der Waals surface area (Å²) in [6.07, 6.45) is -1.21. The average molecular weight is 338 g/mol. The fraction of sp³-hybridized carbons (Fsp3) is 0.133. The van der Waals surface area contributed by atoms with Crippen molar-refractivity contribution in [1.29, 1.82) is 0 Å². The molecule has 23 heavy (non-hydrogen) atoms. The Morgan fingerprint density at radius 1 is 1.17 bits per heavy atom. The van der Waals surface area contributed by atoms with E-state index in [0.29, 0.717) is 5.71 Å². The molecule has 4 nitrogen and oxygen atoms in total. The van der Waals surface area contributed by atoms with E-state index in [1.165, 1.54) is 18.2 Å². The van der Waals surface area contributed by atoms with Crippen molar-refractivity contribution >= 4 is 28.7 Å². The second kappa shape index (κ2) is 7.19. The van der Waals surface area contributed by atoms with Crippen LogP contribution in [0.15, 0.2) is 53.9 Å². The highest BCUT2D eigenvalue weighted by molar-refractivity contribution is 7.80. The van der Waals surface area contributed by atoms with Gasteiger partial charge < -0.3 is 5.32 Å². The van der Waals surface area contributed by atoms with Gasteiger partial charge in [-0.15, -0.1) is 0 Å². The van der Waals surface area contributed by atoms with Gasteiger partial charge in [-0.1, -0.05) is 18.2 Å². The summed E-state index contributed by atoms with van der Waals surface area (Å²) in [5.74, 6) is 0. The van der Waals surface area contributed by atoms with Crippen molar-refractivity contribution in [3.05, 3.63) is 59.9 Å². The Bertz CT molecular complexity index is 714. The van der Waals surface area contributed by atoms with E-state index in [9.17, 15) is 13.2 Å². The molecule has 0 aliphatic rings. The van der Waals surface area contributed by atoms with Gasteiger partial charge in [0.1, 0.15) is 0 Å². The van der Waals surface area contributed by atoms with E-state index >= 15 is 0 Å². The highest BCUT2D eigenvalue weighted by Crippen LogP contribution is 2.34. The molecule has 0 bridgehead atoms. The molecule has 2 rings (SSSR count). The number of thiocarbonyl (C=S) groups is 1.